The Bertz CT molecular complexity index is 314. The van der Waals surface area contributed by atoms with Gasteiger partial charge in [-0.1, -0.05) is 13.8 Å². The number of tetrazole rings is 1. The van der Waals surface area contributed by atoms with E-state index >= 15 is 0 Å². The summed E-state index contributed by atoms with van der Waals surface area (Å²) in [5.41, 5.74) is 0. The average molecular weight is 231 g/mol. The van der Waals surface area contributed by atoms with Crippen LogP contribution in [0.3, 0.4) is 0 Å². The van der Waals surface area contributed by atoms with Crippen molar-refractivity contribution in [2.75, 3.05) is 18.1 Å². The molecule has 0 aromatic carbocycles. The predicted molar refractivity (Wildman–Crippen MR) is 58.7 cm³/mol. The summed E-state index contributed by atoms with van der Waals surface area (Å²) in [5.74, 6) is 2.09. The fourth-order valence-electron chi connectivity index (χ4n) is 1.09. The molecule has 1 aromatic heterocycles. The summed E-state index contributed by atoms with van der Waals surface area (Å²) in [4.78, 5) is 0. The van der Waals surface area contributed by atoms with Crippen molar-refractivity contribution in [1.82, 2.24) is 25.5 Å². The minimum absolute atomic E-state index is 0.612. The molecule has 0 spiro atoms. The number of hydrogen-bond donors (Lipinski definition) is 1. The molecule has 1 atom stereocenters. The summed E-state index contributed by atoms with van der Waals surface area (Å²) in [6.07, 6.45) is 0. The van der Waals surface area contributed by atoms with E-state index in [-0.39, 0.29) is 0 Å². The highest BCUT2D eigenvalue weighted by atomic mass is 32.2. The highest BCUT2D eigenvalue weighted by molar-refractivity contribution is 7.84. The minimum atomic E-state index is -0.762. The molecule has 0 aliphatic heterocycles. The Morgan fingerprint density at radius 2 is 2.27 bits per heavy atom. The smallest absolute Gasteiger partial charge is 0.165 e. The van der Waals surface area contributed by atoms with E-state index in [9.17, 15) is 4.21 Å². The molecule has 0 amide bonds. The summed E-state index contributed by atoms with van der Waals surface area (Å²) in [6, 6.07) is 0. The number of aryl methyl sites for hydroxylation is 1. The molecule has 0 saturated carbocycles. The predicted octanol–water partition coefficient (Wildman–Crippen LogP) is -0.449. The van der Waals surface area contributed by atoms with Gasteiger partial charge in [0.05, 0.1) is 13.1 Å². The molecular formula is C8H17N5OS. The third-order valence-corrected chi connectivity index (χ3v) is 3.27. The molecule has 0 aliphatic carbocycles. The second-order valence-corrected chi connectivity index (χ2v) is 4.90. The summed E-state index contributed by atoms with van der Waals surface area (Å²) in [7, 11) is -0.762. The molecule has 0 aliphatic rings. The molecule has 0 saturated heterocycles. The number of rotatable bonds is 7. The van der Waals surface area contributed by atoms with E-state index in [2.05, 4.69) is 20.8 Å². The molecule has 1 aromatic rings. The van der Waals surface area contributed by atoms with Crippen LogP contribution in [-0.4, -0.2) is 42.5 Å². The van der Waals surface area contributed by atoms with Gasteiger partial charge < -0.3 is 5.32 Å². The first-order valence-corrected chi connectivity index (χ1v) is 6.57. The van der Waals surface area contributed by atoms with Crippen molar-refractivity contribution in [3.05, 3.63) is 5.82 Å². The monoisotopic (exact) mass is 231 g/mol. The van der Waals surface area contributed by atoms with Gasteiger partial charge in [0.15, 0.2) is 5.82 Å². The van der Waals surface area contributed by atoms with Crippen molar-refractivity contribution in [2.24, 2.45) is 0 Å². The molecule has 1 heterocycles. The first kappa shape index (κ1) is 12.3. The van der Waals surface area contributed by atoms with E-state index in [1.165, 1.54) is 0 Å². The van der Waals surface area contributed by atoms with Crippen LogP contribution in [0.1, 0.15) is 19.7 Å². The Hall–Kier alpha value is -0.820. The minimum Gasteiger partial charge on any atom is -0.310 e. The number of aromatic nitrogens is 4. The second kappa shape index (κ2) is 6.62. The maximum Gasteiger partial charge on any atom is 0.165 e. The van der Waals surface area contributed by atoms with Crippen molar-refractivity contribution in [3.8, 4) is 0 Å². The zero-order chi connectivity index (χ0) is 11.1. The highest BCUT2D eigenvalue weighted by Crippen LogP contribution is 1.93. The molecule has 7 heteroatoms. The van der Waals surface area contributed by atoms with E-state index in [1.807, 2.05) is 13.8 Å². The topological polar surface area (TPSA) is 72.7 Å². The molecule has 0 radical (unpaired) electrons. The number of nitrogens with zero attached hydrogens (tertiary/aromatic N) is 4. The number of hydrogen-bond acceptors (Lipinski definition) is 5. The van der Waals surface area contributed by atoms with Crippen LogP contribution in [0.5, 0.6) is 0 Å². The molecule has 86 valence electrons. The lowest BCUT2D eigenvalue weighted by Crippen LogP contribution is -2.19. The summed E-state index contributed by atoms with van der Waals surface area (Å²) in [5, 5.41) is 14.5. The summed E-state index contributed by atoms with van der Waals surface area (Å²) >= 11 is 0. The molecular weight excluding hydrogens is 214 g/mol. The van der Waals surface area contributed by atoms with Crippen molar-refractivity contribution in [3.63, 3.8) is 0 Å². The molecule has 0 fully saturated rings. The lowest BCUT2D eigenvalue weighted by atomic mass is 10.5. The van der Waals surface area contributed by atoms with Crippen molar-refractivity contribution < 1.29 is 4.21 Å². The fourth-order valence-corrected chi connectivity index (χ4v) is 1.76. The van der Waals surface area contributed by atoms with Gasteiger partial charge in [-0.05, 0) is 17.0 Å². The highest BCUT2D eigenvalue weighted by Gasteiger charge is 2.05. The van der Waals surface area contributed by atoms with Gasteiger partial charge >= 0.3 is 0 Å². The van der Waals surface area contributed by atoms with E-state index in [1.54, 1.807) is 4.68 Å². The quantitative estimate of drug-likeness (QED) is 0.688. The zero-order valence-corrected chi connectivity index (χ0v) is 9.96. The standard InChI is InChI=1S/C8H17N5OS/c1-3-9-7-8-10-11-12-13(8)5-6-15(14)4-2/h9H,3-7H2,1-2H3. The average Bonchev–Trinajstić information content (AvgIpc) is 2.70. The van der Waals surface area contributed by atoms with Gasteiger partial charge in [0.25, 0.3) is 0 Å². The van der Waals surface area contributed by atoms with E-state index in [4.69, 9.17) is 0 Å². The van der Waals surface area contributed by atoms with Crippen molar-refractivity contribution in [2.45, 2.75) is 26.9 Å². The van der Waals surface area contributed by atoms with E-state index in [0.29, 0.717) is 24.6 Å². The van der Waals surface area contributed by atoms with E-state index < -0.39 is 10.8 Å². The Labute approximate surface area is 91.9 Å². The first-order chi connectivity index (χ1) is 7.27. The normalized spacial score (nSPS) is 12.9. The van der Waals surface area contributed by atoms with Crippen LogP contribution in [0, 0.1) is 0 Å². The third-order valence-electron chi connectivity index (χ3n) is 1.99. The van der Waals surface area contributed by atoms with Crippen LogP contribution in [0.4, 0.5) is 0 Å². The molecule has 1 rings (SSSR count). The fraction of sp³-hybridized carbons (Fsp3) is 0.875. The van der Waals surface area contributed by atoms with Crippen LogP contribution in [0.15, 0.2) is 0 Å². The first-order valence-electron chi connectivity index (χ1n) is 5.08. The molecule has 6 nitrogen and oxygen atoms in total. The molecule has 1 unspecified atom stereocenters. The molecule has 0 bridgehead atoms. The van der Waals surface area contributed by atoms with Crippen LogP contribution in [0.25, 0.3) is 0 Å². The summed E-state index contributed by atoms with van der Waals surface area (Å²) < 4.78 is 13.0. The third kappa shape index (κ3) is 4.05. The van der Waals surface area contributed by atoms with E-state index in [0.717, 1.165) is 12.4 Å². The lowest BCUT2D eigenvalue weighted by molar-refractivity contribution is 0.571. The Balaban J connectivity index is 2.45. The van der Waals surface area contributed by atoms with Crippen LogP contribution >= 0.6 is 0 Å². The summed E-state index contributed by atoms with van der Waals surface area (Å²) in [6.45, 7) is 6.10. The van der Waals surface area contributed by atoms with Gasteiger partial charge in [0, 0.05) is 22.3 Å². The molecule has 15 heavy (non-hydrogen) atoms. The second-order valence-electron chi connectivity index (χ2n) is 3.03. The Morgan fingerprint density at radius 3 is 2.93 bits per heavy atom. The van der Waals surface area contributed by atoms with Gasteiger partial charge in [-0.25, -0.2) is 4.68 Å². The van der Waals surface area contributed by atoms with Gasteiger partial charge in [0.1, 0.15) is 0 Å². The van der Waals surface area contributed by atoms with Crippen LogP contribution in [0.2, 0.25) is 0 Å². The van der Waals surface area contributed by atoms with Crippen molar-refractivity contribution in [1.29, 1.82) is 0 Å². The van der Waals surface area contributed by atoms with Gasteiger partial charge in [0.2, 0.25) is 0 Å². The van der Waals surface area contributed by atoms with Gasteiger partial charge in [-0.3, -0.25) is 4.21 Å². The Morgan fingerprint density at radius 1 is 1.47 bits per heavy atom. The SMILES string of the molecule is CCNCc1nnnn1CCS(=O)CC. The zero-order valence-electron chi connectivity index (χ0n) is 9.14. The van der Waals surface area contributed by atoms with Crippen LogP contribution < -0.4 is 5.32 Å². The maximum atomic E-state index is 11.2. The van der Waals surface area contributed by atoms with Crippen molar-refractivity contribution >= 4 is 10.8 Å². The van der Waals surface area contributed by atoms with Crippen LogP contribution in [-0.2, 0) is 23.9 Å². The molecule has 1 N–H and O–H groups in total. The Kier molecular flexibility index (Phi) is 5.41. The largest absolute Gasteiger partial charge is 0.310 e. The number of nitrogens with one attached hydrogen (secondary N) is 1. The van der Waals surface area contributed by atoms with Gasteiger partial charge in [-0.2, -0.15) is 0 Å². The lowest BCUT2D eigenvalue weighted by Gasteiger charge is -2.03. The van der Waals surface area contributed by atoms with Gasteiger partial charge in [-0.15, -0.1) is 5.10 Å². The maximum absolute atomic E-state index is 11.2.